The first-order chi connectivity index (χ1) is 8.62. The topological polar surface area (TPSA) is 46.5 Å². The van der Waals surface area contributed by atoms with Crippen LogP contribution in [0.4, 0.5) is 22.0 Å². The lowest BCUT2D eigenvalue weighted by atomic mass is 10.2. The molecule has 0 amide bonds. The summed E-state index contributed by atoms with van der Waals surface area (Å²) in [5.41, 5.74) is 0.310. The Morgan fingerprint density at radius 3 is 2.05 bits per heavy atom. The van der Waals surface area contributed by atoms with Crippen molar-refractivity contribution in [1.82, 2.24) is 0 Å². The fraction of sp³-hybridized carbons (Fsp3) is 0.182. The molecule has 0 saturated carbocycles. The highest BCUT2D eigenvalue weighted by Crippen LogP contribution is 2.37. The van der Waals surface area contributed by atoms with Gasteiger partial charge < -0.3 is 9.84 Å². The number of ether oxygens (including phenoxy) is 1. The van der Waals surface area contributed by atoms with Gasteiger partial charge in [0.1, 0.15) is 5.75 Å². The molecule has 0 atom stereocenters. The average Bonchev–Trinajstić information content (AvgIpc) is 2.26. The summed E-state index contributed by atoms with van der Waals surface area (Å²) in [6.07, 6.45) is -9.16. The van der Waals surface area contributed by atoms with Gasteiger partial charge in [-0.2, -0.15) is 22.0 Å². The number of alkyl halides is 5. The van der Waals surface area contributed by atoms with E-state index in [2.05, 4.69) is 4.74 Å². The van der Waals surface area contributed by atoms with Crippen LogP contribution < -0.4 is 4.74 Å². The Morgan fingerprint density at radius 1 is 1.11 bits per heavy atom. The number of rotatable bonds is 4. The molecule has 1 aromatic rings. The SMILES string of the molecule is O=C(O)C=Cc1ccc(OC(F)(F)C(F)(F)F)cc1. The van der Waals surface area contributed by atoms with Crippen molar-refractivity contribution in [2.75, 3.05) is 0 Å². The first-order valence-corrected chi connectivity index (χ1v) is 4.76. The Bertz CT molecular complexity index is 476. The van der Waals surface area contributed by atoms with Gasteiger partial charge in [-0.25, -0.2) is 4.79 Å². The minimum atomic E-state index is -5.81. The molecule has 0 spiro atoms. The monoisotopic (exact) mass is 282 g/mol. The molecule has 0 heterocycles. The molecule has 104 valence electrons. The van der Waals surface area contributed by atoms with Crippen LogP contribution in [0.5, 0.6) is 5.75 Å². The molecule has 0 bridgehead atoms. The van der Waals surface area contributed by atoms with Crippen LogP contribution in [-0.4, -0.2) is 23.4 Å². The van der Waals surface area contributed by atoms with Crippen molar-refractivity contribution in [3.05, 3.63) is 35.9 Å². The normalized spacial score (nSPS) is 12.7. The Morgan fingerprint density at radius 2 is 1.63 bits per heavy atom. The predicted molar refractivity (Wildman–Crippen MR) is 54.7 cm³/mol. The highest BCUT2D eigenvalue weighted by Gasteiger charge is 2.61. The van der Waals surface area contributed by atoms with Crippen molar-refractivity contribution >= 4 is 12.0 Å². The molecule has 0 saturated heterocycles. The molecule has 0 aliphatic carbocycles. The van der Waals surface area contributed by atoms with Gasteiger partial charge in [-0.05, 0) is 23.8 Å². The van der Waals surface area contributed by atoms with Crippen molar-refractivity contribution in [3.8, 4) is 5.75 Å². The average molecular weight is 282 g/mol. The van der Waals surface area contributed by atoms with E-state index in [4.69, 9.17) is 5.11 Å². The molecule has 0 radical (unpaired) electrons. The summed E-state index contributed by atoms with van der Waals surface area (Å²) < 4.78 is 64.2. The first kappa shape index (κ1) is 14.9. The summed E-state index contributed by atoms with van der Waals surface area (Å²) in [6.45, 7) is 0. The maximum Gasteiger partial charge on any atom is 0.499 e. The smallest absolute Gasteiger partial charge is 0.478 e. The lowest BCUT2D eigenvalue weighted by Gasteiger charge is -2.20. The third-order valence-corrected chi connectivity index (χ3v) is 1.87. The van der Waals surface area contributed by atoms with Gasteiger partial charge >= 0.3 is 18.3 Å². The van der Waals surface area contributed by atoms with E-state index < -0.39 is 24.0 Å². The van der Waals surface area contributed by atoms with E-state index in [9.17, 15) is 26.7 Å². The predicted octanol–water partition coefficient (Wildman–Crippen LogP) is 3.32. The van der Waals surface area contributed by atoms with Crippen LogP contribution in [-0.2, 0) is 4.79 Å². The quantitative estimate of drug-likeness (QED) is 0.680. The Hall–Kier alpha value is -2.12. The molecular weight excluding hydrogens is 275 g/mol. The summed E-state index contributed by atoms with van der Waals surface area (Å²) in [4.78, 5) is 10.2. The van der Waals surface area contributed by atoms with Crippen LogP contribution in [0.25, 0.3) is 6.08 Å². The number of carboxylic acids is 1. The molecule has 3 nitrogen and oxygen atoms in total. The van der Waals surface area contributed by atoms with Crippen LogP contribution in [0.15, 0.2) is 30.3 Å². The van der Waals surface area contributed by atoms with Crippen LogP contribution >= 0.6 is 0 Å². The largest absolute Gasteiger partial charge is 0.499 e. The Kier molecular flexibility index (Phi) is 4.13. The van der Waals surface area contributed by atoms with Gasteiger partial charge in [0, 0.05) is 6.08 Å². The highest BCUT2D eigenvalue weighted by molar-refractivity contribution is 5.85. The number of carbonyl (C=O) groups is 1. The molecule has 0 unspecified atom stereocenters. The van der Waals surface area contributed by atoms with Gasteiger partial charge in [0.05, 0.1) is 0 Å². The van der Waals surface area contributed by atoms with Crippen molar-refractivity contribution in [2.24, 2.45) is 0 Å². The van der Waals surface area contributed by atoms with Crippen molar-refractivity contribution < 1.29 is 36.6 Å². The molecule has 1 aromatic carbocycles. The second kappa shape index (κ2) is 5.25. The highest BCUT2D eigenvalue weighted by atomic mass is 19.4. The summed E-state index contributed by atoms with van der Waals surface area (Å²) in [5.74, 6) is -1.90. The van der Waals surface area contributed by atoms with E-state index in [1.54, 1.807) is 0 Å². The van der Waals surface area contributed by atoms with Gasteiger partial charge in [0.2, 0.25) is 0 Å². The summed E-state index contributed by atoms with van der Waals surface area (Å²) in [5, 5.41) is 8.34. The van der Waals surface area contributed by atoms with Crippen LogP contribution in [0.3, 0.4) is 0 Å². The van der Waals surface area contributed by atoms with Crippen LogP contribution in [0.1, 0.15) is 5.56 Å². The molecule has 19 heavy (non-hydrogen) atoms. The molecule has 1 rings (SSSR count). The minimum Gasteiger partial charge on any atom is -0.478 e. The van der Waals surface area contributed by atoms with Gasteiger partial charge in [-0.15, -0.1) is 0 Å². The first-order valence-electron chi connectivity index (χ1n) is 4.76. The van der Waals surface area contributed by atoms with Crippen molar-refractivity contribution in [1.29, 1.82) is 0 Å². The number of hydrogen-bond donors (Lipinski definition) is 1. The summed E-state index contributed by atoms with van der Waals surface area (Å²) in [6, 6.07) is 4.03. The van der Waals surface area contributed by atoms with E-state index in [1.165, 1.54) is 0 Å². The zero-order chi connectivity index (χ0) is 14.7. The molecule has 1 N–H and O–H groups in total. The molecule has 0 aromatic heterocycles. The molecular formula is C11H7F5O3. The number of halogens is 5. The van der Waals surface area contributed by atoms with Gasteiger partial charge in [0.15, 0.2) is 0 Å². The van der Waals surface area contributed by atoms with E-state index >= 15 is 0 Å². The second-order valence-electron chi connectivity index (χ2n) is 3.36. The number of hydrogen-bond acceptors (Lipinski definition) is 2. The summed E-state index contributed by atoms with van der Waals surface area (Å²) in [7, 11) is 0. The number of carboxylic acid groups (broad SMARTS) is 1. The third kappa shape index (κ3) is 4.23. The third-order valence-electron chi connectivity index (χ3n) is 1.87. The van der Waals surface area contributed by atoms with Gasteiger partial charge in [-0.3, -0.25) is 0 Å². The second-order valence-corrected chi connectivity index (χ2v) is 3.36. The minimum absolute atomic E-state index is 0.310. The zero-order valence-corrected chi connectivity index (χ0v) is 9.12. The molecule has 8 heteroatoms. The van der Waals surface area contributed by atoms with E-state index in [0.717, 1.165) is 36.4 Å². The molecule has 0 fully saturated rings. The Labute approximate surface area is 103 Å². The Balaban J connectivity index is 2.81. The fourth-order valence-corrected chi connectivity index (χ4v) is 1.02. The van der Waals surface area contributed by atoms with E-state index in [1.807, 2.05) is 0 Å². The lowest BCUT2D eigenvalue weighted by molar-refractivity contribution is -0.360. The van der Waals surface area contributed by atoms with E-state index in [0.29, 0.717) is 5.56 Å². The van der Waals surface area contributed by atoms with E-state index in [-0.39, 0.29) is 0 Å². The standard InChI is InChI=1S/C11H7F5O3/c12-10(13,14)11(15,16)19-8-4-1-7(2-5-8)3-6-9(17)18/h1-6H,(H,17,18). The fourth-order valence-electron chi connectivity index (χ4n) is 1.02. The summed E-state index contributed by atoms with van der Waals surface area (Å²) >= 11 is 0. The van der Waals surface area contributed by atoms with Gasteiger partial charge in [-0.1, -0.05) is 12.1 Å². The maximum absolute atomic E-state index is 12.5. The maximum atomic E-state index is 12.5. The number of benzene rings is 1. The lowest BCUT2D eigenvalue weighted by Crippen LogP contribution is -2.41. The van der Waals surface area contributed by atoms with Crippen LogP contribution in [0, 0.1) is 0 Å². The molecule has 0 aliphatic rings. The molecule has 0 aliphatic heterocycles. The zero-order valence-electron chi connectivity index (χ0n) is 9.12. The van der Waals surface area contributed by atoms with Crippen molar-refractivity contribution in [3.63, 3.8) is 0 Å². The van der Waals surface area contributed by atoms with Crippen LogP contribution in [0.2, 0.25) is 0 Å². The number of aliphatic carboxylic acids is 1. The van der Waals surface area contributed by atoms with Crippen molar-refractivity contribution in [2.45, 2.75) is 12.3 Å². The van der Waals surface area contributed by atoms with Gasteiger partial charge in [0.25, 0.3) is 0 Å².